The van der Waals surface area contributed by atoms with Gasteiger partial charge in [-0.2, -0.15) is 0 Å². The quantitative estimate of drug-likeness (QED) is 0.563. The molecule has 2 aliphatic rings. The van der Waals surface area contributed by atoms with Gasteiger partial charge in [-0.25, -0.2) is 0 Å². The van der Waals surface area contributed by atoms with E-state index in [2.05, 4.69) is 12.2 Å². The minimum absolute atomic E-state index is 0.595. The van der Waals surface area contributed by atoms with E-state index in [0.717, 1.165) is 6.04 Å². The van der Waals surface area contributed by atoms with Gasteiger partial charge < -0.3 is 5.32 Å². The molecule has 1 spiro atoms. The summed E-state index contributed by atoms with van der Waals surface area (Å²) < 4.78 is 0. The number of hydrogen-bond donors (Lipinski definition) is 1. The zero-order chi connectivity index (χ0) is 7.73. The highest BCUT2D eigenvalue weighted by molar-refractivity contribution is 4.97. The van der Waals surface area contributed by atoms with Crippen molar-refractivity contribution >= 4 is 0 Å². The van der Waals surface area contributed by atoms with Gasteiger partial charge in [-0.15, -0.1) is 0 Å². The van der Waals surface area contributed by atoms with Crippen LogP contribution in [0.15, 0.2) is 0 Å². The molecule has 0 aromatic carbocycles. The lowest BCUT2D eigenvalue weighted by Crippen LogP contribution is -2.43. The lowest BCUT2D eigenvalue weighted by molar-refractivity contribution is 0.256. The zero-order valence-corrected chi connectivity index (χ0v) is 7.53. The average molecular weight is 153 g/mol. The molecule has 0 amide bonds. The van der Waals surface area contributed by atoms with E-state index in [-0.39, 0.29) is 0 Å². The van der Waals surface area contributed by atoms with E-state index in [1.54, 1.807) is 0 Å². The van der Waals surface area contributed by atoms with Crippen molar-refractivity contribution in [3.63, 3.8) is 0 Å². The molecule has 0 aromatic heterocycles. The van der Waals surface area contributed by atoms with Crippen molar-refractivity contribution in [2.24, 2.45) is 0 Å². The summed E-state index contributed by atoms with van der Waals surface area (Å²) in [5.41, 5.74) is 0.595. The third-order valence-electron chi connectivity index (χ3n) is 3.42. The molecular weight excluding hydrogens is 134 g/mol. The van der Waals surface area contributed by atoms with E-state index in [0.29, 0.717) is 5.54 Å². The molecule has 2 fully saturated rings. The monoisotopic (exact) mass is 153 g/mol. The van der Waals surface area contributed by atoms with Crippen LogP contribution in [0.1, 0.15) is 51.9 Å². The van der Waals surface area contributed by atoms with Crippen LogP contribution in [0.25, 0.3) is 0 Å². The molecule has 1 saturated carbocycles. The molecule has 1 N–H and O–H groups in total. The first kappa shape index (κ1) is 7.60. The predicted octanol–water partition coefficient (Wildman–Crippen LogP) is 2.46. The van der Waals surface area contributed by atoms with Crippen molar-refractivity contribution in [1.29, 1.82) is 0 Å². The van der Waals surface area contributed by atoms with Crippen molar-refractivity contribution in [3.05, 3.63) is 0 Å². The maximum atomic E-state index is 3.77. The summed E-state index contributed by atoms with van der Waals surface area (Å²) in [7, 11) is 0. The molecule has 2 rings (SSSR count). The Morgan fingerprint density at radius 3 is 2.36 bits per heavy atom. The van der Waals surface area contributed by atoms with Gasteiger partial charge in [0.1, 0.15) is 0 Å². The van der Waals surface area contributed by atoms with Crippen LogP contribution in [0, 0.1) is 0 Å². The molecule has 1 saturated heterocycles. The van der Waals surface area contributed by atoms with Gasteiger partial charge in [0.25, 0.3) is 0 Å². The van der Waals surface area contributed by atoms with Gasteiger partial charge in [0.2, 0.25) is 0 Å². The molecule has 0 bridgehead atoms. The second-order valence-corrected chi connectivity index (χ2v) is 4.43. The van der Waals surface area contributed by atoms with Gasteiger partial charge in [0.15, 0.2) is 0 Å². The summed E-state index contributed by atoms with van der Waals surface area (Å²) >= 11 is 0. The maximum absolute atomic E-state index is 3.77. The predicted molar refractivity (Wildman–Crippen MR) is 47.6 cm³/mol. The van der Waals surface area contributed by atoms with Crippen LogP contribution >= 0.6 is 0 Å². The van der Waals surface area contributed by atoms with Crippen LogP contribution in [0.5, 0.6) is 0 Å². The first-order valence-electron chi connectivity index (χ1n) is 5.08. The third kappa shape index (κ3) is 1.44. The molecular formula is C10H19N. The number of hydrogen-bond acceptors (Lipinski definition) is 1. The van der Waals surface area contributed by atoms with E-state index in [9.17, 15) is 0 Å². The molecule has 1 aliphatic heterocycles. The standard InChI is InChI=1S/C10H19N/c1-9-5-8-10(11-9)6-3-2-4-7-10/h9,11H,2-8H2,1H3/t9-/m0/s1. The lowest BCUT2D eigenvalue weighted by atomic mass is 9.81. The fourth-order valence-corrected chi connectivity index (χ4v) is 2.78. The molecule has 0 aromatic rings. The highest BCUT2D eigenvalue weighted by atomic mass is 15.0. The highest BCUT2D eigenvalue weighted by Gasteiger charge is 2.37. The van der Waals surface area contributed by atoms with Gasteiger partial charge >= 0.3 is 0 Å². The second-order valence-electron chi connectivity index (χ2n) is 4.43. The fourth-order valence-electron chi connectivity index (χ4n) is 2.78. The molecule has 0 unspecified atom stereocenters. The molecule has 64 valence electrons. The minimum atomic E-state index is 0.595. The van der Waals surface area contributed by atoms with E-state index < -0.39 is 0 Å². The third-order valence-corrected chi connectivity index (χ3v) is 3.42. The average Bonchev–Trinajstić information content (AvgIpc) is 2.34. The van der Waals surface area contributed by atoms with E-state index in [1.807, 2.05) is 0 Å². The van der Waals surface area contributed by atoms with Gasteiger partial charge in [0, 0.05) is 11.6 Å². The summed E-state index contributed by atoms with van der Waals surface area (Å²) in [6, 6.07) is 0.785. The summed E-state index contributed by atoms with van der Waals surface area (Å²) in [5.74, 6) is 0. The van der Waals surface area contributed by atoms with Crippen LogP contribution in [0.4, 0.5) is 0 Å². The first-order chi connectivity index (χ1) is 5.31. The van der Waals surface area contributed by atoms with Gasteiger partial charge in [-0.1, -0.05) is 19.3 Å². The van der Waals surface area contributed by atoms with Crippen LogP contribution < -0.4 is 5.32 Å². The summed E-state index contributed by atoms with van der Waals surface area (Å²) in [4.78, 5) is 0. The van der Waals surface area contributed by atoms with Gasteiger partial charge in [0.05, 0.1) is 0 Å². The molecule has 1 nitrogen and oxygen atoms in total. The van der Waals surface area contributed by atoms with Crippen molar-refractivity contribution < 1.29 is 0 Å². The summed E-state index contributed by atoms with van der Waals surface area (Å²) in [5, 5.41) is 3.77. The Morgan fingerprint density at radius 1 is 1.09 bits per heavy atom. The van der Waals surface area contributed by atoms with Gasteiger partial charge in [-0.3, -0.25) is 0 Å². The number of rotatable bonds is 0. The van der Waals surface area contributed by atoms with Crippen LogP contribution in [0.2, 0.25) is 0 Å². The lowest BCUT2D eigenvalue weighted by Gasteiger charge is -2.34. The number of nitrogens with one attached hydrogen (secondary N) is 1. The van der Waals surface area contributed by atoms with Crippen molar-refractivity contribution in [1.82, 2.24) is 5.32 Å². The van der Waals surface area contributed by atoms with Crippen molar-refractivity contribution in [3.8, 4) is 0 Å². The SMILES string of the molecule is C[C@H]1CCC2(CCCCC2)N1. The Balaban J connectivity index is 1.98. The Morgan fingerprint density at radius 2 is 1.82 bits per heavy atom. The molecule has 0 radical (unpaired) electrons. The highest BCUT2D eigenvalue weighted by Crippen LogP contribution is 2.36. The largest absolute Gasteiger partial charge is 0.309 e. The van der Waals surface area contributed by atoms with Crippen LogP contribution in [-0.2, 0) is 0 Å². The normalized spacial score (nSPS) is 36.3. The summed E-state index contributed by atoms with van der Waals surface area (Å²) in [6.07, 6.45) is 10.1. The molecule has 1 heteroatoms. The van der Waals surface area contributed by atoms with Crippen molar-refractivity contribution in [2.75, 3.05) is 0 Å². The topological polar surface area (TPSA) is 12.0 Å². The smallest absolute Gasteiger partial charge is 0.0184 e. The van der Waals surface area contributed by atoms with Gasteiger partial charge in [-0.05, 0) is 32.6 Å². The Kier molecular flexibility index (Phi) is 1.92. The van der Waals surface area contributed by atoms with E-state index >= 15 is 0 Å². The minimum Gasteiger partial charge on any atom is -0.309 e. The zero-order valence-electron chi connectivity index (χ0n) is 7.53. The summed E-state index contributed by atoms with van der Waals surface area (Å²) in [6.45, 7) is 2.32. The second kappa shape index (κ2) is 2.78. The maximum Gasteiger partial charge on any atom is 0.0184 e. The van der Waals surface area contributed by atoms with E-state index in [1.165, 1.54) is 44.9 Å². The Hall–Kier alpha value is -0.0400. The Bertz CT molecular complexity index is 130. The first-order valence-corrected chi connectivity index (χ1v) is 5.08. The van der Waals surface area contributed by atoms with Crippen LogP contribution in [-0.4, -0.2) is 11.6 Å². The molecule has 11 heavy (non-hydrogen) atoms. The van der Waals surface area contributed by atoms with Crippen LogP contribution in [0.3, 0.4) is 0 Å². The fraction of sp³-hybridized carbons (Fsp3) is 1.00. The molecule has 1 atom stereocenters. The Labute approximate surface area is 69.6 Å². The van der Waals surface area contributed by atoms with E-state index in [4.69, 9.17) is 0 Å². The molecule has 1 heterocycles. The molecule has 1 aliphatic carbocycles. The van der Waals surface area contributed by atoms with Crippen molar-refractivity contribution in [2.45, 2.75) is 63.5 Å².